The largest absolute Gasteiger partial charge is 0.299 e. The van der Waals surface area contributed by atoms with Crippen LogP contribution in [0.2, 0.25) is 0 Å². The maximum Gasteiger partial charge on any atom is 0.135 e. The first kappa shape index (κ1) is 23.4. The zero-order valence-electron chi connectivity index (χ0n) is 22.7. The van der Waals surface area contributed by atoms with Gasteiger partial charge in [-0.2, -0.15) is 0 Å². The number of rotatable bonds is 5. The van der Waals surface area contributed by atoms with Crippen LogP contribution in [0.5, 0.6) is 0 Å². The molecule has 0 aliphatic heterocycles. The lowest BCUT2D eigenvalue weighted by Crippen LogP contribution is -2.56. The van der Waals surface area contributed by atoms with Gasteiger partial charge in [0.15, 0.2) is 0 Å². The van der Waals surface area contributed by atoms with Crippen LogP contribution in [-0.2, 0) is 4.79 Å². The Hall–Kier alpha value is -0.330. The van der Waals surface area contributed by atoms with Crippen LogP contribution in [0.25, 0.3) is 0 Å². The van der Waals surface area contributed by atoms with Crippen molar-refractivity contribution in [3.8, 4) is 0 Å². The molecule has 1 nitrogen and oxygen atoms in total. The van der Waals surface area contributed by atoms with Crippen LogP contribution in [-0.4, -0.2) is 5.78 Å². The molecule has 32 heavy (non-hydrogen) atoms. The third-order valence-electron chi connectivity index (χ3n) is 13.9. The van der Waals surface area contributed by atoms with Crippen LogP contribution in [0.15, 0.2) is 0 Å². The minimum atomic E-state index is 0.199. The highest BCUT2D eigenvalue weighted by Crippen LogP contribution is 2.89. The van der Waals surface area contributed by atoms with Crippen LogP contribution in [0.3, 0.4) is 0 Å². The highest BCUT2D eigenvalue weighted by molar-refractivity contribution is 5.80. The lowest BCUT2D eigenvalue weighted by atomic mass is 9.41. The van der Waals surface area contributed by atoms with E-state index in [1.54, 1.807) is 6.42 Å². The quantitative estimate of drug-likeness (QED) is 0.418. The average molecular weight is 441 g/mol. The first-order valence-corrected chi connectivity index (χ1v) is 14.4. The maximum atomic E-state index is 12.3. The zero-order chi connectivity index (χ0) is 23.3. The van der Waals surface area contributed by atoms with E-state index in [2.05, 4.69) is 55.4 Å². The fraction of sp³-hybridized carbons (Fsp3) is 0.968. The number of fused-ring (bicyclic) bond motifs is 2. The van der Waals surface area contributed by atoms with Gasteiger partial charge in [0.05, 0.1) is 0 Å². The number of carbonyl (C=O) groups excluding carboxylic acids is 1. The van der Waals surface area contributed by atoms with E-state index in [0.717, 1.165) is 36.5 Å². The highest BCUT2D eigenvalue weighted by Gasteiger charge is 2.81. The Morgan fingerprint density at radius 1 is 0.812 bits per heavy atom. The van der Waals surface area contributed by atoms with E-state index < -0.39 is 0 Å². The lowest BCUT2D eigenvalue weighted by Gasteiger charge is -2.63. The Kier molecular flexibility index (Phi) is 5.19. The van der Waals surface area contributed by atoms with E-state index in [4.69, 9.17) is 0 Å². The molecule has 0 aromatic carbocycles. The van der Waals surface area contributed by atoms with E-state index in [9.17, 15) is 4.79 Å². The molecule has 5 saturated carbocycles. The van der Waals surface area contributed by atoms with Crippen molar-refractivity contribution in [1.29, 1.82) is 0 Å². The molecule has 5 fully saturated rings. The predicted molar refractivity (Wildman–Crippen MR) is 134 cm³/mol. The van der Waals surface area contributed by atoms with Crippen LogP contribution in [0.1, 0.15) is 126 Å². The summed E-state index contributed by atoms with van der Waals surface area (Å²) >= 11 is 0. The SMILES string of the molecule is CC(C)C(=O)CC[C@@H](C)[C@H]1CC[C@@]2(C)[C@@H]3CC[C@H]4C(C)(C)[C@@H](C)CCC45C[C@@]35CC[C@]12C. The van der Waals surface area contributed by atoms with Gasteiger partial charge in [-0.15, -0.1) is 0 Å². The van der Waals surface area contributed by atoms with Gasteiger partial charge in [0, 0.05) is 12.3 Å². The molecule has 0 aromatic rings. The average Bonchev–Trinajstić information content (AvgIpc) is 3.31. The number of hydrogen-bond donors (Lipinski definition) is 0. The lowest BCUT2D eigenvalue weighted by molar-refractivity contribution is -0.149. The Labute approximate surface area is 199 Å². The van der Waals surface area contributed by atoms with Crippen molar-refractivity contribution in [2.45, 2.75) is 126 Å². The summed E-state index contributed by atoms with van der Waals surface area (Å²) in [5.74, 6) is 5.01. The Morgan fingerprint density at radius 2 is 1.47 bits per heavy atom. The Morgan fingerprint density at radius 3 is 2.16 bits per heavy atom. The number of carbonyl (C=O) groups is 1. The maximum absolute atomic E-state index is 12.3. The second kappa shape index (κ2) is 7.10. The molecule has 0 radical (unpaired) electrons. The van der Waals surface area contributed by atoms with Gasteiger partial charge in [-0.3, -0.25) is 4.79 Å². The molecular weight excluding hydrogens is 388 g/mol. The Bertz CT molecular complexity index is 779. The van der Waals surface area contributed by atoms with Crippen LogP contribution < -0.4 is 0 Å². The summed E-state index contributed by atoms with van der Waals surface area (Å²) < 4.78 is 0. The van der Waals surface area contributed by atoms with Gasteiger partial charge in [-0.1, -0.05) is 55.4 Å². The van der Waals surface area contributed by atoms with Crippen molar-refractivity contribution in [3.05, 3.63) is 0 Å². The molecule has 182 valence electrons. The third kappa shape index (κ3) is 2.72. The predicted octanol–water partition coefficient (Wildman–Crippen LogP) is 8.70. The number of Topliss-reactive ketones (excluding diaryl/α,β-unsaturated/α-hetero) is 1. The van der Waals surface area contributed by atoms with Crippen LogP contribution in [0, 0.1) is 62.6 Å². The molecular formula is C31H52O. The van der Waals surface area contributed by atoms with Crippen molar-refractivity contribution in [2.75, 3.05) is 0 Å². The molecule has 5 aliphatic rings. The van der Waals surface area contributed by atoms with Crippen LogP contribution >= 0.6 is 0 Å². The monoisotopic (exact) mass is 440 g/mol. The van der Waals surface area contributed by atoms with Gasteiger partial charge in [0.2, 0.25) is 0 Å². The molecule has 0 heterocycles. The summed E-state index contributed by atoms with van der Waals surface area (Å²) in [6.45, 7) is 19.8. The van der Waals surface area contributed by atoms with Gasteiger partial charge in [-0.25, -0.2) is 0 Å². The normalized spacial score (nSPS) is 51.9. The van der Waals surface area contributed by atoms with Gasteiger partial charge in [-0.05, 0) is 121 Å². The topological polar surface area (TPSA) is 17.1 Å². The fourth-order valence-electron chi connectivity index (χ4n) is 11.4. The van der Waals surface area contributed by atoms with Crippen LogP contribution in [0.4, 0.5) is 0 Å². The number of hydrogen-bond acceptors (Lipinski definition) is 1. The summed E-state index contributed by atoms with van der Waals surface area (Å²) in [4.78, 5) is 12.3. The second-order valence-electron chi connectivity index (χ2n) is 15.0. The van der Waals surface area contributed by atoms with Crippen molar-refractivity contribution < 1.29 is 4.79 Å². The molecule has 1 unspecified atom stereocenters. The summed E-state index contributed by atoms with van der Waals surface area (Å²) in [6.07, 6.45) is 15.3. The van der Waals surface area contributed by atoms with Gasteiger partial charge < -0.3 is 0 Å². The zero-order valence-corrected chi connectivity index (χ0v) is 22.7. The molecule has 0 N–H and O–H groups in total. The fourth-order valence-corrected chi connectivity index (χ4v) is 11.4. The summed E-state index contributed by atoms with van der Waals surface area (Å²) in [5.41, 5.74) is 2.92. The minimum absolute atomic E-state index is 0.199. The standard InChI is InChI=1S/C31H52O/c1-20(2)24(32)10-9-21(3)23-14-15-29(8)26-12-11-25-27(5,6)22(4)13-16-30(25)19-31(26,30)18-17-28(23,29)7/h20-23,25-26H,9-19H2,1-8H3/t21-,22+,23-,25+,26+,28-,29+,30?,31+/m1/s1. The summed E-state index contributed by atoms with van der Waals surface area (Å²) in [6, 6.07) is 0. The number of ketones is 1. The molecule has 5 rings (SSSR count). The highest BCUT2D eigenvalue weighted by atomic mass is 16.1. The van der Waals surface area contributed by atoms with Crippen molar-refractivity contribution >= 4 is 5.78 Å². The van der Waals surface area contributed by atoms with Gasteiger partial charge in [0.1, 0.15) is 5.78 Å². The smallest absolute Gasteiger partial charge is 0.135 e. The molecule has 1 heteroatoms. The molecule has 9 atom stereocenters. The van der Waals surface area contributed by atoms with Crippen molar-refractivity contribution in [3.63, 3.8) is 0 Å². The Balaban J connectivity index is 1.39. The molecule has 2 spiro atoms. The van der Waals surface area contributed by atoms with Gasteiger partial charge in [0.25, 0.3) is 0 Å². The van der Waals surface area contributed by atoms with E-state index >= 15 is 0 Å². The summed E-state index contributed by atoms with van der Waals surface area (Å²) in [7, 11) is 0. The molecule has 0 aromatic heterocycles. The van der Waals surface area contributed by atoms with E-state index in [1.165, 1.54) is 51.4 Å². The van der Waals surface area contributed by atoms with E-state index in [-0.39, 0.29) is 5.92 Å². The van der Waals surface area contributed by atoms with Crippen molar-refractivity contribution in [2.24, 2.45) is 62.6 Å². The second-order valence-corrected chi connectivity index (χ2v) is 15.0. The molecule has 0 amide bonds. The molecule has 0 saturated heterocycles. The van der Waals surface area contributed by atoms with Gasteiger partial charge >= 0.3 is 0 Å². The molecule has 0 bridgehead atoms. The third-order valence-corrected chi connectivity index (χ3v) is 13.9. The minimum Gasteiger partial charge on any atom is -0.299 e. The summed E-state index contributed by atoms with van der Waals surface area (Å²) in [5, 5.41) is 0. The van der Waals surface area contributed by atoms with E-state index in [0.29, 0.717) is 38.8 Å². The van der Waals surface area contributed by atoms with Crippen molar-refractivity contribution in [1.82, 2.24) is 0 Å². The first-order valence-electron chi connectivity index (χ1n) is 14.4. The van der Waals surface area contributed by atoms with E-state index in [1.807, 2.05) is 0 Å². The first-order chi connectivity index (χ1) is 14.9. The molecule has 5 aliphatic carbocycles.